The van der Waals surface area contributed by atoms with E-state index >= 15 is 0 Å². The van der Waals surface area contributed by atoms with Crippen LogP contribution in [0.3, 0.4) is 0 Å². The first kappa shape index (κ1) is 20.4. The average Bonchev–Trinajstić information content (AvgIpc) is 3.13. The van der Waals surface area contributed by atoms with Crippen LogP contribution in [0, 0.1) is 33.8 Å². The van der Waals surface area contributed by atoms with Gasteiger partial charge in [0.25, 0.3) is 6.20 Å². The van der Waals surface area contributed by atoms with Crippen molar-refractivity contribution in [1.82, 2.24) is 16.0 Å². The number of nitrogens with zero attached hydrogens (tertiary/aromatic N) is 1. The number of rotatable bonds is 11. The van der Waals surface area contributed by atoms with Crippen molar-refractivity contribution in [3.8, 4) is 0 Å². The molecule has 0 amide bonds. The Hall–Kier alpha value is -1.38. The van der Waals surface area contributed by atoms with Gasteiger partial charge in [-0.2, -0.15) is 11.8 Å². The number of nitro groups is 1. The van der Waals surface area contributed by atoms with Crippen molar-refractivity contribution in [2.45, 2.75) is 31.2 Å². The number of hydrogen-bond acceptors (Lipinski definition) is 7. The van der Waals surface area contributed by atoms with Crippen molar-refractivity contribution in [2.24, 2.45) is 23.7 Å². The van der Waals surface area contributed by atoms with E-state index in [9.17, 15) is 10.1 Å². The van der Waals surface area contributed by atoms with Gasteiger partial charge in [-0.25, -0.2) is 0 Å². The highest BCUT2D eigenvalue weighted by Crippen LogP contribution is 2.70. The summed E-state index contributed by atoms with van der Waals surface area (Å²) < 4.78 is 5.93. The van der Waals surface area contributed by atoms with Gasteiger partial charge in [-0.15, -0.1) is 12.4 Å². The molecule has 4 aliphatic carbocycles. The van der Waals surface area contributed by atoms with Gasteiger partial charge in [0.05, 0.1) is 17.2 Å². The van der Waals surface area contributed by atoms with E-state index in [-0.39, 0.29) is 12.4 Å². The van der Waals surface area contributed by atoms with Gasteiger partial charge in [0.2, 0.25) is 0 Å². The minimum atomic E-state index is -0.470. The first-order valence-corrected chi connectivity index (χ1v) is 10.5. The lowest BCUT2D eigenvalue weighted by Gasteiger charge is -2.15. The molecular formula is C18H27ClN4O3S. The second kappa shape index (κ2) is 8.75. The summed E-state index contributed by atoms with van der Waals surface area (Å²) in [7, 11) is 1.66. The highest BCUT2D eigenvalue weighted by molar-refractivity contribution is 7.98. The van der Waals surface area contributed by atoms with Crippen molar-refractivity contribution in [3.63, 3.8) is 0 Å². The Labute approximate surface area is 169 Å². The monoisotopic (exact) mass is 414 g/mol. The predicted molar refractivity (Wildman–Crippen MR) is 108 cm³/mol. The SMILES string of the molecule is CNC(=C[N+](=O)[O-])NCCSCc1ccc(CNC2C3CC4C(C3)C42)o1.Cl. The molecule has 27 heavy (non-hydrogen) atoms. The fraction of sp³-hybridized carbons (Fsp3) is 0.667. The van der Waals surface area contributed by atoms with Crippen LogP contribution >= 0.6 is 24.2 Å². The van der Waals surface area contributed by atoms with E-state index in [1.165, 1.54) is 12.8 Å². The van der Waals surface area contributed by atoms with Crippen LogP contribution in [0.4, 0.5) is 0 Å². The molecule has 0 aliphatic heterocycles. The van der Waals surface area contributed by atoms with Gasteiger partial charge < -0.3 is 20.4 Å². The van der Waals surface area contributed by atoms with Crippen LogP contribution in [0.15, 0.2) is 28.6 Å². The quantitative estimate of drug-likeness (QED) is 0.291. The summed E-state index contributed by atoms with van der Waals surface area (Å²) in [6, 6.07) is 4.86. The minimum Gasteiger partial charge on any atom is -0.464 e. The number of halogens is 1. The summed E-state index contributed by atoms with van der Waals surface area (Å²) in [5.41, 5.74) is 0. The highest BCUT2D eigenvalue weighted by Gasteiger charge is 2.68. The predicted octanol–water partition coefficient (Wildman–Crippen LogP) is 2.56. The molecule has 3 N–H and O–H groups in total. The van der Waals surface area contributed by atoms with Crippen LogP contribution < -0.4 is 16.0 Å². The minimum absolute atomic E-state index is 0. The molecule has 1 aromatic rings. The molecule has 4 bridgehead atoms. The Bertz CT molecular complexity index is 684. The molecular weight excluding hydrogens is 388 g/mol. The van der Waals surface area contributed by atoms with Crippen molar-refractivity contribution in [1.29, 1.82) is 0 Å². The Balaban J connectivity index is 0.00000210. The largest absolute Gasteiger partial charge is 0.464 e. The van der Waals surface area contributed by atoms with Crippen LogP contribution in [0.1, 0.15) is 24.4 Å². The third kappa shape index (κ3) is 4.55. The molecule has 3 unspecified atom stereocenters. The van der Waals surface area contributed by atoms with Gasteiger partial charge in [-0.05, 0) is 48.6 Å². The molecule has 9 heteroatoms. The zero-order valence-corrected chi connectivity index (χ0v) is 17.0. The fourth-order valence-electron chi connectivity index (χ4n) is 4.92. The topological polar surface area (TPSA) is 92.4 Å². The molecule has 150 valence electrons. The normalized spacial score (nSPS) is 30.1. The number of nitrogens with one attached hydrogen (secondary N) is 3. The summed E-state index contributed by atoms with van der Waals surface area (Å²) in [6.07, 6.45) is 3.84. The standard InChI is InChI=1S/C18H26N4O3S.ClH/c1-19-16(9-22(23)24)20-4-5-26-10-13-3-2-12(25-13)8-21-18-11-6-14-15(7-11)17(14)18;/h2-3,9,11,14-15,17-21H,4-8,10H2,1H3;1H. The lowest BCUT2D eigenvalue weighted by Crippen LogP contribution is -2.31. The fourth-order valence-corrected chi connectivity index (χ4v) is 5.67. The first-order chi connectivity index (χ1) is 12.7. The maximum absolute atomic E-state index is 10.4. The van der Waals surface area contributed by atoms with E-state index in [4.69, 9.17) is 4.42 Å². The van der Waals surface area contributed by atoms with Crippen LogP contribution in [-0.4, -0.2) is 30.3 Å². The van der Waals surface area contributed by atoms with E-state index < -0.39 is 4.92 Å². The molecule has 4 fully saturated rings. The second-order valence-corrected chi connectivity index (χ2v) is 8.57. The molecule has 0 aromatic carbocycles. The van der Waals surface area contributed by atoms with Gasteiger partial charge in [0, 0.05) is 25.4 Å². The molecule has 5 rings (SSSR count). The van der Waals surface area contributed by atoms with E-state index in [2.05, 4.69) is 28.1 Å². The van der Waals surface area contributed by atoms with E-state index in [0.717, 1.165) is 65.5 Å². The van der Waals surface area contributed by atoms with Crippen LogP contribution in [0.5, 0.6) is 0 Å². The van der Waals surface area contributed by atoms with Gasteiger partial charge in [0.1, 0.15) is 11.5 Å². The zero-order valence-electron chi connectivity index (χ0n) is 15.3. The Morgan fingerprint density at radius 2 is 2.11 bits per heavy atom. The van der Waals surface area contributed by atoms with E-state index in [1.54, 1.807) is 18.8 Å². The summed E-state index contributed by atoms with van der Waals surface area (Å²) >= 11 is 1.75. The molecule has 7 nitrogen and oxygen atoms in total. The molecule has 1 heterocycles. The van der Waals surface area contributed by atoms with Crippen molar-refractivity contribution in [2.75, 3.05) is 19.3 Å². The van der Waals surface area contributed by atoms with Crippen molar-refractivity contribution in [3.05, 3.63) is 45.8 Å². The van der Waals surface area contributed by atoms with Crippen LogP contribution in [-0.2, 0) is 12.3 Å². The van der Waals surface area contributed by atoms with E-state index in [0.29, 0.717) is 12.4 Å². The summed E-state index contributed by atoms with van der Waals surface area (Å²) in [6.45, 7) is 1.49. The molecule has 4 saturated carbocycles. The summed E-state index contributed by atoms with van der Waals surface area (Å²) in [4.78, 5) is 9.98. The third-order valence-corrected chi connectivity index (χ3v) is 6.99. The van der Waals surface area contributed by atoms with Gasteiger partial charge in [0.15, 0.2) is 5.82 Å². The van der Waals surface area contributed by atoms with Gasteiger partial charge >= 0.3 is 0 Å². The van der Waals surface area contributed by atoms with E-state index in [1.807, 2.05) is 0 Å². The molecule has 4 aliphatic rings. The third-order valence-electron chi connectivity index (χ3n) is 6.01. The van der Waals surface area contributed by atoms with Crippen LogP contribution in [0.25, 0.3) is 0 Å². The average molecular weight is 415 g/mol. The maximum atomic E-state index is 10.4. The van der Waals surface area contributed by atoms with Crippen molar-refractivity contribution >= 4 is 24.2 Å². The lowest BCUT2D eigenvalue weighted by molar-refractivity contribution is -0.404. The summed E-state index contributed by atoms with van der Waals surface area (Å²) in [5, 5.41) is 20.0. The Morgan fingerprint density at radius 3 is 2.74 bits per heavy atom. The molecule has 1 aromatic heterocycles. The smallest absolute Gasteiger partial charge is 0.274 e. The second-order valence-electron chi connectivity index (χ2n) is 7.47. The van der Waals surface area contributed by atoms with Gasteiger partial charge in [-0.3, -0.25) is 10.1 Å². The number of hydrogen-bond donors (Lipinski definition) is 3. The maximum Gasteiger partial charge on any atom is 0.274 e. The highest BCUT2D eigenvalue weighted by atomic mass is 35.5. The summed E-state index contributed by atoms with van der Waals surface area (Å²) in [5.74, 6) is 8.05. The first-order valence-electron chi connectivity index (χ1n) is 9.31. The van der Waals surface area contributed by atoms with Crippen molar-refractivity contribution < 1.29 is 9.34 Å². The number of thioether (sulfide) groups is 1. The van der Waals surface area contributed by atoms with Gasteiger partial charge in [-0.1, -0.05) is 0 Å². The lowest BCUT2D eigenvalue weighted by atomic mass is 10.1. The Kier molecular flexibility index (Phi) is 6.60. The molecule has 0 spiro atoms. The molecule has 0 radical (unpaired) electrons. The zero-order chi connectivity index (χ0) is 18.1. The van der Waals surface area contributed by atoms with Crippen LogP contribution in [0.2, 0.25) is 0 Å². The molecule has 0 saturated heterocycles. The number of furan rings is 1. The molecule has 3 atom stereocenters. The Morgan fingerprint density at radius 1 is 1.37 bits per heavy atom.